The highest BCUT2D eigenvalue weighted by atomic mass is 32.2. The van der Waals surface area contributed by atoms with Crippen molar-refractivity contribution in [1.29, 1.82) is 0 Å². The molecule has 10 N–H and O–H groups in total. The third-order valence-corrected chi connectivity index (χ3v) is 8.38. The Balaban J connectivity index is 2.08. The summed E-state index contributed by atoms with van der Waals surface area (Å²) < 4.78 is 0. The van der Waals surface area contributed by atoms with Crippen molar-refractivity contribution in [2.75, 3.05) is 13.2 Å². The molecule has 0 bridgehead atoms. The lowest BCUT2D eigenvalue weighted by atomic mass is 9.64. The Morgan fingerprint density at radius 1 is 1.23 bits per heavy atom. The summed E-state index contributed by atoms with van der Waals surface area (Å²) in [6, 6.07) is -0.797. The molecule has 0 spiro atoms. The summed E-state index contributed by atoms with van der Waals surface area (Å²) in [7, 11) is 0. The first-order valence-corrected chi connectivity index (χ1v) is 11.8. The summed E-state index contributed by atoms with van der Waals surface area (Å²) in [5.74, 6) is -0.989. The van der Waals surface area contributed by atoms with Crippen LogP contribution in [0.3, 0.4) is 0 Å². The first kappa shape index (κ1) is 26.1. The molecule has 2 fully saturated rings. The number of guanidine groups is 1. The number of rotatable bonds is 9. The fraction of sp³-hybridized carbons (Fsp3) is 0.900. The van der Waals surface area contributed by atoms with E-state index < -0.39 is 35.6 Å². The molecule has 0 aromatic heterocycles. The molecule has 0 amide bonds. The van der Waals surface area contributed by atoms with Crippen LogP contribution in [0, 0.1) is 11.3 Å². The summed E-state index contributed by atoms with van der Waals surface area (Å²) in [6.07, 6.45) is -0.484. The maximum absolute atomic E-state index is 11.7. The zero-order chi connectivity index (χ0) is 23.3. The number of carbonyl (C=O) groups is 1. The van der Waals surface area contributed by atoms with Crippen molar-refractivity contribution in [3.8, 4) is 0 Å². The molecule has 180 valence electrons. The number of nitrogens with two attached hydrogens (primary N) is 2. The van der Waals surface area contributed by atoms with Crippen LogP contribution in [0.25, 0.3) is 0 Å². The molecule has 1 aliphatic heterocycles. The largest absolute Gasteiger partial charge is 0.480 e. The molecule has 1 saturated heterocycles. The van der Waals surface area contributed by atoms with Gasteiger partial charge in [-0.05, 0) is 43.4 Å². The summed E-state index contributed by atoms with van der Waals surface area (Å²) >= 11 is 1.31. The number of aliphatic hydroxyl groups excluding tert-OH is 4. The minimum Gasteiger partial charge on any atom is -0.480 e. The highest BCUT2D eigenvalue weighted by Crippen LogP contribution is 2.49. The second-order valence-electron chi connectivity index (χ2n) is 9.37. The number of aliphatic hydroxyl groups is 4. The lowest BCUT2D eigenvalue weighted by Gasteiger charge is -2.51. The fourth-order valence-electron chi connectivity index (χ4n) is 4.73. The van der Waals surface area contributed by atoms with E-state index >= 15 is 0 Å². The molecule has 1 heterocycles. The van der Waals surface area contributed by atoms with Gasteiger partial charge in [-0.15, -0.1) is 11.8 Å². The molecule has 31 heavy (non-hydrogen) atoms. The number of hydrogen-bond acceptors (Lipinski definition) is 8. The predicted octanol–water partition coefficient (Wildman–Crippen LogP) is -1.16. The van der Waals surface area contributed by atoms with Crippen LogP contribution in [0.15, 0.2) is 4.99 Å². The van der Waals surface area contributed by atoms with Crippen molar-refractivity contribution in [3.63, 3.8) is 0 Å². The highest BCUT2D eigenvalue weighted by Gasteiger charge is 2.51. The highest BCUT2D eigenvalue weighted by molar-refractivity contribution is 8.00. The molecular formula is C20H38N4O6S. The van der Waals surface area contributed by atoms with E-state index in [1.807, 2.05) is 0 Å². The molecule has 1 saturated carbocycles. The van der Waals surface area contributed by atoms with Crippen LogP contribution >= 0.6 is 11.8 Å². The third kappa shape index (κ3) is 6.69. The van der Waals surface area contributed by atoms with Crippen LogP contribution in [0.5, 0.6) is 0 Å². The average Bonchev–Trinajstić information content (AvgIpc) is 2.69. The first-order valence-electron chi connectivity index (χ1n) is 10.8. The molecule has 0 aromatic rings. The van der Waals surface area contributed by atoms with E-state index in [0.29, 0.717) is 25.8 Å². The van der Waals surface area contributed by atoms with Gasteiger partial charge in [0.1, 0.15) is 12.1 Å². The molecular weight excluding hydrogens is 424 g/mol. The van der Waals surface area contributed by atoms with Crippen molar-refractivity contribution in [2.45, 2.75) is 86.8 Å². The van der Waals surface area contributed by atoms with Gasteiger partial charge in [-0.3, -0.25) is 9.79 Å². The quantitative estimate of drug-likeness (QED) is 0.118. The Kier molecular flexibility index (Phi) is 9.41. The minimum absolute atomic E-state index is 0.0192. The van der Waals surface area contributed by atoms with Gasteiger partial charge in [0.15, 0.2) is 5.96 Å². The number of carboxylic acid groups (broad SMARTS) is 1. The van der Waals surface area contributed by atoms with E-state index in [1.54, 1.807) is 0 Å². The van der Waals surface area contributed by atoms with Gasteiger partial charge in [-0.1, -0.05) is 13.8 Å². The van der Waals surface area contributed by atoms with Gasteiger partial charge in [0.2, 0.25) is 0 Å². The molecule has 0 radical (unpaired) electrons. The van der Waals surface area contributed by atoms with Gasteiger partial charge in [-0.25, -0.2) is 0 Å². The number of nitrogens with zero attached hydrogens (tertiary/aromatic N) is 1. The maximum Gasteiger partial charge on any atom is 0.320 e. The molecule has 8 atom stereocenters. The number of thioether (sulfide) groups is 1. The lowest BCUT2D eigenvalue weighted by Crippen LogP contribution is -2.59. The fourth-order valence-corrected chi connectivity index (χ4v) is 6.54. The van der Waals surface area contributed by atoms with Crippen molar-refractivity contribution in [2.24, 2.45) is 27.8 Å². The summed E-state index contributed by atoms with van der Waals surface area (Å²) in [6.45, 7) is 4.28. The van der Waals surface area contributed by atoms with Gasteiger partial charge >= 0.3 is 5.97 Å². The van der Waals surface area contributed by atoms with Crippen molar-refractivity contribution in [3.05, 3.63) is 0 Å². The minimum atomic E-state index is -1.32. The zero-order valence-corrected chi connectivity index (χ0v) is 19.0. The van der Waals surface area contributed by atoms with Gasteiger partial charge in [-0.2, -0.15) is 0 Å². The first-order chi connectivity index (χ1) is 14.5. The number of nitrogens with one attached hydrogen (secondary N) is 1. The number of aliphatic carboxylic acids is 1. The topological polar surface area (TPSA) is 195 Å². The molecule has 0 aromatic carbocycles. The zero-order valence-electron chi connectivity index (χ0n) is 18.2. The second-order valence-corrected chi connectivity index (χ2v) is 10.8. The van der Waals surface area contributed by atoms with E-state index in [0.717, 1.165) is 12.8 Å². The van der Waals surface area contributed by atoms with Crippen molar-refractivity contribution >= 4 is 23.7 Å². The Hall–Kier alpha value is -1.11. The van der Waals surface area contributed by atoms with Crippen LogP contribution in [0.2, 0.25) is 0 Å². The van der Waals surface area contributed by atoms with E-state index in [1.165, 1.54) is 11.8 Å². The molecule has 2 unspecified atom stereocenters. The number of hydrogen-bond donors (Lipinski definition) is 8. The third-order valence-electron chi connectivity index (χ3n) is 6.69. The van der Waals surface area contributed by atoms with Crippen LogP contribution < -0.4 is 16.8 Å². The molecule has 11 heteroatoms. The number of carboxylic acids is 1. The Morgan fingerprint density at radius 3 is 2.48 bits per heavy atom. The Labute approximate surface area is 187 Å². The molecule has 2 aliphatic rings. The van der Waals surface area contributed by atoms with Gasteiger partial charge in [0.25, 0.3) is 0 Å². The SMILES string of the molecule is CC1(C)CCC(N[C@@H](CCCN=C(N)N)C(=O)O)CC1[C@@H]1S[C@H](CO)[C@H](O)[C@H](O)[C@H]1O. The molecule has 1 aliphatic carbocycles. The Bertz CT molecular complexity index is 631. The van der Waals surface area contributed by atoms with Crippen LogP contribution in [0.4, 0.5) is 0 Å². The van der Waals surface area contributed by atoms with Crippen molar-refractivity contribution in [1.82, 2.24) is 5.32 Å². The van der Waals surface area contributed by atoms with E-state index in [9.17, 15) is 30.3 Å². The van der Waals surface area contributed by atoms with Gasteiger partial charge < -0.3 is 42.3 Å². The van der Waals surface area contributed by atoms with Crippen LogP contribution in [-0.2, 0) is 4.79 Å². The summed E-state index contributed by atoms with van der Waals surface area (Å²) in [5.41, 5.74) is 10.5. The second kappa shape index (κ2) is 11.2. The van der Waals surface area contributed by atoms with Crippen LogP contribution in [0.1, 0.15) is 46.0 Å². The predicted molar refractivity (Wildman–Crippen MR) is 120 cm³/mol. The lowest BCUT2D eigenvalue weighted by molar-refractivity contribution is -0.140. The van der Waals surface area contributed by atoms with Crippen molar-refractivity contribution < 1.29 is 30.3 Å². The van der Waals surface area contributed by atoms with Gasteiger partial charge in [0, 0.05) is 17.8 Å². The monoisotopic (exact) mass is 462 g/mol. The molecule has 2 rings (SSSR count). The molecule has 10 nitrogen and oxygen atoms in total. The van der Waals surface area contributed by atoms with E-state index in [2.05, 4.69) is 24.2 Å². The maximum atomic E-state index is 11.7. The summed E-state index contributed by atoms with van der Waals surface area (Å²) in [5, 5.41) is 52.7. The normalized spacial score (nSPS) is 36.5. The average molecular weight is 463 g/mol. The van der Waals surface area contributed by atoms with E-state index in [4.69, 9.17) is 11.5 Å². The summed E-state index contributed by atoms with van der Waals surface area (Å²) in [4.78, 5) is 15.6. The van der Waals surface area contributed by atoms with Gasteiger partial charge in [0.05, 0.1) is 24.1 Å². The van der Waals surface area contributed by atoms with Crippen LogP contribution in [-0.4, -0.2) is 91.5 Å². The Morgan fingerprint density at radius 2 is 1.90 bits per heavy atom. The smallest absolute Gasteiger partial charge is 0.320 e. The van der Waals surface area contributed by atoms with E-state index in [-0.39, 0.29) is 35.2 Å². The standard InChI is InChI=1S/C20H38N4O6S/c1-20(2)6-5-10(24-12(18(29)30)4-3-7-23-19(21)22)8-11(20)17-16(28)15(27)14(26)13(9-25)31-17/h10-17,24-28H,3-9H2,1-2H3,(H,29,30)(H4,21,22,23)/t10?,11?,12-,13+,14-,15-,16+,17-/m0/s1. The number of aliphatic imine (C=N–C) groups is 1.